The minimum absolute atomic E-state index is 0.0418. The minimum atomic E-state index is -0.352. The van der Waals surface area contributed by atoms with Gasteiger partial charge in [-0.3, -0.25) is 14.6 Å². The first-order valence-corrected chi connectivity index (χ1v) is 10.8. The third kappa shape index (κ3) is 2.19. The van der Waals surface area contributed by atoms with E-state index in [4.69, 9.17) is 9.72 Å². The van der Waals surface area contributed by atoms with Crippen LogP contribution in [-0.4, -0.2) is 28.4 Å². The Morgan fingerprint density at radius 3 is 2.83 bits per heavy atom. The number of fused-ring (bicyclic) bond motifs is 4. The van der Waals surface area contributed by atoms with Crippen LogP contribution in [-0.2, 0) is 33.7 Å². The summed E-state index contributed by atoms with van der Waals surface area (Å²) in [6.45, 7) is 4.40. The number of hydrogen-bond acceptors (Lipinski definition) is 4. The average Bonchev–Trinajstić information content (AvgIpc) is 3.11. The molecule has 1 aliphatic carbocycles. The maximum Gasteiger partial charge on any atom is 0.313 e. The molecular formula is C24H23FN2O3. The number of nitrogens with zero attached hydrogens (tertiary/aromatic N) is 2. The number of aryl methyl sites for hydroxylation is 2. The number of carbonyl (C=O) groups excluding carboxylic acids is 2. The summed E-state index contributed by atoms with van der Waals surface area (Å²) in [6.07, 6.45) is 4.01. The predicted octanol–water partition coefficient (Wildman–Crippen LogP) is 3.84. The maximum atomic E-state index is 14.6. The molecule has 0 fully saturated rings. The first kappa shape index (κ1) is 18.0. The number of carbonyl (C=O) groups is 2. The number of rotatable bonds is 1. The van der Waals surface area contributed by atoms with Crippen LogP contribution < -0.4 is 0 Å². The molecule has 0 bridgehead atoms. The van der Waals surface area contributed by atoms with Crippen LogP contribution in [0, 0.1) is 18.7 Å². The van der Waals surface area contributed by atoms with Crippen molar-refractivity contribution in [1.82, 2.24) is 9.88 Å². The van der Waals surface area contributed by atoms with Crippen molar-refractivity contribution in [2.24, 2.45) is 5.92 Å². The molecule has 30 heavy (non-hydrogen) atoms. The van der Waals surface area contributed by atoms with Crippen LogP contribution in [0.3, 0.4) is 0 Å². The molecular weight excluding hydrogens is 383 g/mol. The van der Waals surface area contributed by atoms with E-state index in [1.807, 2.05) is 18.7 Å². The number of pyridine rings is 1. The standard InChI is InChI=1S/C24H23FN2O3/c1-3-12-15-7-20-22-16(9-27(20)23(28)17(15)10-30-24(12)29)14-6-4-5-13-11(2)18(25)8-19(26-22)21(13)14/h8,12,20H,3-7,9-10H2,1-2H3. The molecule has 154 valence electrons. The van der Waals surface area contributed by atoms with E-state index in [1.165, 1.54) is 5.56 Å². The van der Waals surface area contributed by atoms with Crippen molar-refractivity contribution in [3.63, 3.8) is 0 Å². The maximum absolute atomic E-state index is 14.6. The summed E-state index contributed by atoms with van der Waals surface area (Å²) in [5.41, 5.74) is 7.31. The largest absolute Gasteiger partial charge is 0.460 e. The molecule has 2 aromatic rings. The number of amides is 1. The highest BCUT2D eigenvalue weighted by molar-refractivity contribution is 5.99. The van der Waals surface area contributed by atoms with Gasteiger partial charge in [0.25, 0.3) is 5.91 Å². The molecule has 5 nitrogen and oxygen atoms in total. The number of hydrogen-bond donors (Lipinski definition) is 0. The first-order chi connectivity index (χ1) is 14.5. The molecule has 0 saturated carbocycles. The van der Waals surface area contributed by atoms with Crippen LogP contribution in [0.15, 0.2) is 17.2 Å². The lowest BCUT2D eigenvalue weighted by Crippen LogP contribution is -2.42. The summed E-state index contributed by atoms with van der Waals surface area (Å²) in [4.78, 5) is 32.4. The van der Waals surface area contributed by atoms with Crippen molar-refractivity contribution < 1.29 is 18.7 Å². The molecule has 0 radical (unpaired) electrons. The molecule has 6 rings (SSSR count). The number of halogens is 1. The van der Waals surface area contributed by atoms with Gasteiger partial charge in [0, 0.05) is 18.0 Å². The topological polar surface area (TPSA) is 59.5 Å². The van der Waals surface area contributed by atoms with Crippen molar-refractivity contribution in [2.45, 2.75) is 58.5 Å². The highest BCUT2D eigenvalue weighted by Gasteiger charge is 2.47. The fourth-order valence-electron chi connectivity index (χ4n) is 5.99. The van der Waals surface area contributed by atoms with Gasteiger partial charge in [-0.15, -0.1) is 0 Å². The Hall–Kier alpha value is -2.76. The van der Waals surface area contributed by atoms with Gasteiger partial charge >= 0.3 is 5.97 Å². The van der Waals surface area contributed by atoms with E-state index < -0.39 is 0 Å². The third-order valence-electron chi connectivity index (χ3n) is 7.51. The quantitative estimate of drug-likeness (QED) is 0.676. The lowest BCUT2D eigenvalue weighted by atomic mass is 9.81. The first-order valence-electron chi connectivity index (χ1n) is 10.8. The van der Waals surface area contributed by atoms with E-state index >= 15 is 0 Å². The van der Waals surface area contributed by atoms with E-state index in [0.29, 0.717) is 30.5 Å². The van der Waals surface area contributed by atoms with Gasteiger partial charge in [-0.05, 0) is 66.9 Å². The Labute approximate surface area is 173 Å². The summed E-state index contributed by atoms with van der Waals surface area (Å²) in [5, 5.41) is 1.09. The van der Waals surface area contributed by atoms with E-state index in [9.17, 15) is 14.0 Å². The van der Waals surface area contributed by atoms with Gasteiger partial charge in [-0.25, -0.2) is 4.39 Å². The second-order valence-electron chi connectivity index (χ2n) is 8.89. The van der Waals surface area contributed by atoms with Crippen molar-refractivity contribution in [3.05, 3.63) is 51.0 Å². The Kier molecular flexibility index (Phi) is 3.68. The molecule has 1 aromatic carbocycles. The summed E-state index contributed by atoms with van der Waals surface area (Å²) in [5.74, 6) is -0.841. The van der Waals surface area contributed by atoms with Gasteiger partial charge in [0.05, 0.1) is 28.7 Å². The van der Waals surface area contributed by atoms with Gasteiger partial charge in [-0.1, -0.05) is 6.92 Å². The normalized spacial score (nSPS) is 24.7. The Bertz CT molecular complexity index is 1200. The Morgan fingerprint density at radius 2 is 2.03 bits per heavy atom. The molecule has 2 unspecified atom stereocenters. The van der Waals surface area contributed by atoms with Crippen molar-refractivity contribution in [3.8, 4) is 0 Å². The fourth-order valence-corrected chi connectivity index (χ4v) is 5.99. The molecule has 1 aromatic heterocycles. The zero-order valence-electron chi connectivity index (χ0n) is 17.2. The second kappa shape index (κ2) is 6.13. The van der Waals surface area contributed by atoms with Crippen LogP contribution in [0.5, 0.6) is 0 Å². The van der Waals surface area contributed by atoms with Crippen LogP contribution >= 0.6 is 0 Å². The third-order valence-corrected chi connectivity index (χ3v) is 7.51. The molecule has 4 aliphatic rings. The van der Waals surface area contributed by atoms with Crippen molar-refractivity contribution >= 4 is 22.8 Å². The molecule has 2 atom stereocenters. The van der Waals surface area contributed by atoms with Crippen molar-refractivity contribution in [1.29, 1.82) is 0 Å². The second-order valence-corrected chi connectivity index (χ2v) is 8.89. The highest BCUT2D eigenvalue weighted by Crippen LogP contribution is 2.48. The molecule has 4 heterocycles. The zero-order valence-corrected chi connectivity index (χ0v) is 17.2. The van der Waals surface area contributed by atoms with Crippen molar-refractivity contribution in [2.75, 3.05) is 6.61 Å². The SMILES string of the molecule is CCC1C(=O)OCC2=C1CC1c3nc4cc(F)c(C)c5c4c(c3CN1C2=O)CCC5. The van der Waals surface area contributed by atoms with E-state index in [0.717, 1.165) is 52.6 Å². The Morgan fingerprint density at radius 1 is 1.23 bits per heavy atom. The summed E-state index contributed by atoms with van der Waals surface area (Å²) >= 11 is 0. The number of benzene rings is 1. The van der Waals surface area contributed by atoms with Gasteiger partial charge in [0.1, 0.15) is 12.4 Å². The monoisotopic (exact) mass is 406 g/mol. The lowest BCUT2D eigenvalue weighted by Gasteiger charge is -2.37. The number of aromatic nitrogens is 1. The highest BCUT2D eigenvalue weighted by atomic mass is 19.1. The van der Waals surface area contributed by atoms with E-state index in [2.05, 4.69) is 0 Å². The fraction of sp³-hybridized carbons (Fsp3) is 0.458. The lowest BCUT2D eigenvalue weighted by molar-refractivity contribution is -0.149. The van der Waals surface area contributed by atoms with Gasteiger partial charge in [-0.2, -0.15) is 0 Å². The molecule has 6 heteroatoms. The van der Waals surface area contributed by atoms with Crippen LogP contribution in [0.25, 0.3) is 10.9 Å². The molecule has 0 N–H and O–H groups in total. The number of esters is 1. The molecule has 0 saturated heterocycles. The average molecular weight is 406 g/mol. The van der Waals surface area contributed by atoms with E-state index in [-0.39, 0.29) is 36.3 Å². The summed E-state index contributed by atoms with van der Waals surface area (Å²) in [7, 11) is 0. The molecule has 0 spiro atoms. The van der Waals surface area contributed by atoms with E-state index in [1.54, 1.807) is 6.07 Å². The van der Waals surface area contributed by atoms with Crippen LogP contribution in [0.1, 0.15) is 60.2 Å². The van der Waals surface area contributed by atoms with Gasteiger partial charge in [0.15, 0.2) is 0 Å². The van der Waals surface area contributed by atoms with Crippen LogP contribution in [0.4, 0.5) is 4.39 Å². The predicted molar refractivity (Wildman–Crippen MR) is 108 cm³/mol. The number of ether oxygens (including phenoxy) is 1. The smallest absolute Gasteiger partial charge is 0.313 e. The minimum Gasteiger partial charge on any atom is -0.460 e. The van der Waals surface area contributed by atoms with Crippen LogP contribution in [0.2, 0.25) is 0 Å². The Balaban J connectivity index is 1.54. The number of cyclic esters (lactones) is 1. The van der Waals surface area contributed by atoms with Gasteiger partial charge < -0.3 is 9.64 Å². The van der Waals surface area contributed by atoms with Gasteiger partial charge in [0.2, 0.25) is 0 Å². The summed E-state index contributed by atoms with van der Waals surface area (Å²) < 4.78 is 19.9. The zero-order chi connectivity index (χ0) is 20.7. The summed E-state index contributed by atoms with van der Waals surface area (Å²) in [6, 6.07) is 1.37. The molecule has 1 amide bonds. The molecule has 3 aliphatic heterocycles.